The summed E-state index contributed by atoms with van der Waals surface area (Å²) in [7, 11) is 0. The predicted octanol–water partition coefficient (Wildman–Crippen LogP) is 3.29. The van der Waals surface area contributed by atoms with E-state index in [1.54, 1.807) is 19.1 Å². The Bertz CT molecular complexity index is 789. The molecule has 1 N–H and O–H groups in total. The molecule has 6 nitrogen and oxygen atoms in total. The number of para-hydroxylation sites is 1. The first-order chi connectivity index (χ1) is 11.5. The highest BCUT2D eigenvalue weighted by atomic mass is 16.6. The van der Waals surface area contributed by atoms with Crippen LogP contribution in [-0.4, -0.2) is 23.9 Å². The van der Waals surface area contributed by atoms with E-state index in [9.17, 15) is 14.9 Å². The first-order valence-corrected chi connectivity index (χ1v) is 7.92. The molecule has 2 aromatic carbocycles. The molecule has 0 unspecified atom stereocenters. The SMILES string of the molecule is Cc1ccc(NC(=O)CN2CCCc3ccccc32)cc1[N+](=O)[O-]. The largest absolute Gasteiger partial charge is 0.362 e. The van der Waals surface area contributed by atoms with Gasteiger partial charge in [0.1, 0.15) is 0 Å². The van der Waals surface area contributed by atoms with Crippen molar-refractivity contribution in [3.63, 3.8) is 0 Å². The van der Waals surface area contributed by atoms with E-state index in [1.807, 2.05) is 18.2 Å². The highest BCUT2D eigenvalue weighted by molar-refractivity contribution is 5.94. The monoisotopic (exact) mass is 325 g/mol. The summed E-state index contributed by atoms with van der Waals surface area (Å²) in [5.74, 6) is -0.176. The van der Waals surface area contributed by atoms with Crippen molar-refractivity contribution >= 4 is 23.0 Å². The number of amides is 1. The Labute approximate surface area is 140 Å². The molecule has 0 aromatic heterocycles. The van der Waals surface area contributed by atoms with E-state index in [-0.39, 0.29) is 18.1 Å². The Morgan fingerprint density at radius 3 is 2.88 bits per heavy atom. The number of benzene rings is 2. The maximum atomic E-state index is 12.3. The van der Waals surface area contributed by atoms with E-state index >= 15 is 0 Å². The molecule has 6 heteroatoms. The lowest BCUT2D eigenvalue weighted by Crippen LogP contribution is -2.36. The van der Waals surface area contributed by atoms with Crippen LogP contribution in [0, 0.1) is 17.0 Å². The predicted molar refractivity (Wildman–Crippen MR) is 93.4 cm³/mol. The van der Waals surface area contributed by atoms with Crippen LogP contribution in [0.1, 0.15) is 17.5 Å². The van der Waals surface area contributed by atoms with Crippen molar-refractivity contribution in [3.05, 3.63) is 63.7 Å². The molecule has 0 radical (unpaired) electrons. The van der Waals surface area contributed by atoms with Gasteiger partial charge in [-0.25, -0.2) is 0 Å². The highest BCUT2D eigenvalue weighted by Gasteiger charge is 2.19. The molecule has 1 heterocycles. The number of nitro benzene ring substituents is 1. The number of nitrogens with one attached hydrogen (secondary N) is 1. The minimum atomic E-state index is -0.439. The molecule has 0 fully saturated rings. The van der Waals surface area contributed by atoms with Crippen LogP contribution in [-0.2, 0) is 11.2 Å². The third kappa shape index (κ3) is 3.37. The van der Waals surface area contributed by atoms with Crippen LogP contribution in [0.15, 0.2) is 42.5 Å². The maximum Gasteiger partial charge on any atom is 0.274 e. The van der Waals surface area contributed by atoms with Gasteiger partial charge >= 0.3 is 0 Å². The molecule has 124 valence electrons. The molecule has 1 aliphatic heterocycles. The summed E-state index contributed by atoms with van der Waals surface area (Å²) in [6.45, 7) is 2.74. The molecule has 1 aliphatic rings. The van der Waals surface area contributed by atoms with Gasteiger partial charge < -0.3 is 10.2 Å². The number of rotatable bonds is 4. The standard InChI is InChI=1S/C18H19N3O3/c1-13-8-9-15(11-17(13)21(23)24)19-18(22)12-20-10-4-6-14-5-2-3-7-16(14)20/h2-3,5,7-9,11H,4,6,10,12H2,1H3,(H,19,22). The van der Waals surface area contributed by atoms with Gasteiger partial charge in [-0.1, -0.05) is 24.3 Å². The smallest absolute Gasteiger partial charge is 0.274 e. The number of nitrogens with zero attached hydrogens (tertiary/aromatic N) is 2. The third-order valence-electron chi connectivity index (χ3n) is 4.23. The lowest BCUT2D eigenvalue weighted by molar-refractivity contribution is -0.385. The van der Waals surface area contributed by atoms with Gasteiger partial charge in [-0.05, 0) is 37.5 Å². The van der Waals surface area contributed by atoms with Crippen molar-refractivity contribution in [1.29, 1.82) is 0 Å². The zero-order valence-electron chi connectivity index (χ0n) is 13.5. The fourth-order valence-electron chi connectivity index (χ4n) is 3.03. The van der Waals surface area contributed by atoms with E-state index < -0.39 is 4.92 Å². The summed E-state index contributed by atoms with van der Waals surface area (Å²) in [6.07, 6.45) is 2.04. The normalized spacial score (nSPS) is 13.3. The molecule has 1 amide bonds. The molecule has 3 rings (SSSR count). The topological polar surface area (TPSA) is 75.5 Å². The first kappa shape index (κ1) is 16.0. The molecule has 0 spiro atoms. The zero-order valence-corrected chi connectivity index (χ0v) is 13.5. The zero-order chi connectivity index (χ0) is 17.1. The summed E-state index contributed by atoms with van der Waals surface area (Å²) in [4.78, 5) is 24.9. The summed E-state index contributed by atoms with van der Waals surface area (Å²) in [6, 6.07) is 12.8. The van der Waals surface area contributed by atoms with Crippen molar-refractivity contribution in [1.82, 2.24) is 0 Å². The van der Waals surface area contributed by atoms with Crippen molar-refractivity contribution in [2.75, 3.05) is 23.3 Å². The second-order valence-electron chi connectivity index (χ2n) is 5.96. The van der Waals surface area contributed by atoms with Crippen LogP contribution < -0.4 is 10.2 Å². The Kier molecular flexibility index (Phi) is 4.46. The van der Waals surface area contributed by atoms with Crippen LogP contribution in [0.4, 0.5) is 17.1 Å². The van der Waals surface area contributed by atoms with Gasteiger partial charge in [-0.3, -0.25) is 14.9 Å². The number of hydrogen-bond donors (Lipinski definition) is 1. The molecular weight excluding hydrogens is 306 g/mol. The van der Waals surface area contributed by atoms with Crippen LogP contribution in [0.3, 0.4) is 0 Å². The summed E-state index contributed by atoms with van der Waals surface area (Å²) >= 11 is 0. The number of anilines is 2. The second-order valence-corrected chi connectivity index (χ2v) is 5.96. The molecule has 0 atom stereocenters. The minimum absolute atomic E-state index is 0.0103. The van der Waals surface area contributed by atoms with Gasteiger partial charge in [0, 0.05) is 29.5 Å². The Morgan fingerprint density at radius 1 is 1.29 bits per heavy atom. The molecular formula is C18H19N3O3. The fraction of sp³-hybridized carbons (Fsp3) is 0.278. The van der Waals surface area contributed by atoms with Crippen molar-refractivity contribution in [2.45, 2.75) is 19.8 Å². The molecule has 24 heavy (non-hydrogen) atoms. The Balaban J connectivity index is 1.71. The summed E-state index contributed by atoms with van der Waals surface area (Å²) < 4.78 is 0. The number of carbonyl (C=O) groups is 1. The van der Waals surface area contributed by atoms with Gasteiger partial charge in [-0.2, -0.15) is 0 Å². The number of aryl methyl sites for hydroxylation is 2. The number of fused-ring (bicyclic) bond motifs is 1. The summed E-state index contributed by atoms with van der Waals surface area (Å²) in [5.41, 5.74) is 3.37. The minimum Gasteiger partial charge on any atom is -0.362 e. The van der Waals surface area contributed by atoms with Crippen LogP contribution in [0.2, 0.25) is 0 Å². The molecule has 2 aromatic rings. The second kappa shape index (κ2) is 6.70. The van der Waals surface area contributed by atoms with E-state index in [0.717, 1.165) is 25.1 Å². The number of carbonyl (C=O) groups excluding carboxylic acids is 1. The van der Waals surface area contributed by atoms with Crippen LogP contribution in [0.5, 0.6) is 0 Å². The van der Waals surface area contributed by atoms with Crippen molar-refractivity contribution < 1.29 is 9.72 Å². The van der Waals surface area contributed by atoms with Gasteiger partial charge in [0.2, 0.25) is 5.91 Å². The maximum absolute atomic E-state index is 12.3. The van der Waals surface area contributed by atoms with Crippen molar-refractivity contribution in [3.8, 4) is 0 Å². The van der Waals surface area contributed by atoms with Gasteiger partial charge in [0.05, 0.1) is 11.5 Å². The first-order valence-electron chi connectivity index (χ1n) is 7.92. The van der Waals surface area contributed by atoms with Gasteiger partial charge in [0.15, 0.2) is 0 Å². The highest BCUT2D eigenvalue weighted by Crippen LogP contribution is 2.27. The average Bonchev–Trinajstić information content (AvgIpc) is 2.56. The number of hydrogen-bond acceptors (Lipinski definition) is 4. The van der Waals surface area contributed by atoms with Gasteiger partial charge in [-0.15, -0.1) is 0 Å². The van der Waals surface area contributed by atoms with Crippen LogP contribution in [0.25, 0.3) is 0 Å². The number of nitro groups is 1. The lowest BCUT2D eigenvalue weighted by Gasteiger charge is -2.30. The van der Waals surface area contributed by atoms with E-state index in [2.05, 4.69) is 16.3 Å². The van der Waals surface area contributed by atoms with E-state index in [1.165, 1.54) is 11.6 Å². The molecule has 0 bridgehead atoms. The molecule has 0 saturated carbocycles. The van der Waals surface area contributed by atoms with Crippen molar-refractivity contribution in [2.24, 2.45) is 0 Å². The fourth-order valence-corrected chi connectivity index (χ4v) is 3.03. The lowest BCUT2D eigenvalue weighted by atomic mass is 10.0. The van der Waals surface area contributed by atoms with E-state index in [4.69, 9.17) is 0 Å². The van der Waals surface area contributed by atoms with Gasteiger partial charge in [0.25, 0.3) is 5.69 Å². The third-order valence-corrected chi connectivity index (χ3v) is 4.23. The average molecular weight is 325 g/mol. The Hall–Kier alpha value is -2.89. The quantitative estimate of drug-likeness (QED) is 0.691. The summed E-state index contributed by atoms with van der Waals surface area (Å²) in [5, 5.41) is 13.8. The van der Waals surface area contributed by atoms with Crippen LogP contribution >= 0.6 is 0 Å². The molecule has 0 saturated heterocycles. The molecule has 0 aliphatic carbocycles. The Morgan fingerprint density at radius 2 is 2.08 bits per heavy atom. The van der Waals surface area contributed by atoms with E-state index in [0.29, 0.717) is 11.3 Å².